The summed E-state index contributed by atoms with van der Waals surface area (Å²) in [5.41, 5.74) is 2.89. The Balaban J connectivity index is 1.33. The smallest absolute Gasteiger partial charge is 0.254 e. The highest BCUT2D eigenvalue weighted by atomic mass is 32.2. The number of hydrogen-bond donors (Lipinski definition) is 1. The second-order valence-corrected chi connectivity index (χ2v) is 8.89. The van der Waals surface area contributed by atoms with Gasteiger partial charge in [0.25, 0.3) is 5.91 Å². The van der Waals surface area contributed by atoms with Gasteiger partial charge in [-0.2, -0.15) is 0 Å². The van der Waals surface area contributed by atoms with Crippen LogP contribution in [-0.4, -0.2) is 38.9 Å². The molecule has 0 spiro atoms. The molecule has 3 aromatic carbocycles. The summed E-state index contributed by atoms with van der Waals surface area (Å²) < 4.78 is 15.8. The lowest BCUT2D eigenvalue weighted by molar-refractivity contribution is -0.116. The van der Waals surface area contributed by atoms with Crippen molar-refractivity contribution in [1.29, 1.82) is 0 Å². The normalized spacial score (nSPS) is 12.4. The number of carbonyl (C=O) groups excluding carboxylic acids is 2. The minimum absolute atomic E-state index is 0.00281. The van der Waals surface area contributed by atoms with E-state index in [1.54, 1.807) is 15.5 Å². The topological polar surface area (TPSA) is 80.1 Å². The molecule has 5 rings (SSSR count). The fourth-order valence-electron chi connectivity index (χ4n) is 4.05. The van der Waals surface area contributed by atoms with Crippen molar-refractivity contribution in [2.75, 3.05) is 17.2 Å². The summed E-state index contributed by atoms with van der Waals surface area (Å²) >= 11 is 1.29. The zero-order chi connectivity index (χ0) is 24.2. The number of carbonyl (C=O) groups is 2. The number of halogens is 1. The number of hydrogen-bond acceptors (Lipinski definition) is 5. The maximum atomic E-state index is 14.0. The van der Waals surface area contributed by atoms with Gasteiger partial charge in [0.05, 0.1) is 17.9 Å². The molecule has 0 unspecified atom stereocenters. The van der Waals surface area contributed by atoms with Gasteiger partial charge in [0.15, 0.2) is 11.0 Å². The first kappa shape index (κ1) is 22.8. The predicted molar refractivity (Wildman–Crippen MR) is 132 cm³/mol. The van der Waals surface area contributed by atoms with Crippen LogP contribution in [0.5, 0.6) is 0 Å². The van der Waals surface area contributed by atoms with Crippen molar-refractivity contribution in [3.05, 3.63) is 102 Å². The molecule has 1 aliphatic heterocycles. The first-order valence-electron chi connectivity index (χ1n) is 11.2. The molecule has 1 aliphatic rings. The number of fused-ring (bicyclic) bond motifs is 1. The number of nitrogens with zero attached hydrogens (tertiary/aromatic N) is 4. The Bertz CT molecular complexity index is 1380. The van der Waals surface area contributed by atoms with Gasteiger partial charge in [-0.15, -0.1) is 10.2 Å². The third-order valence-corrected chi connectivity index (χ3v) is 6.67. The van der Waals surface area contributed by atoms with Crippen molar-refractivity contribution < 1.29 is 14.0 Å². The Morgan fingerprint density at radius 1 is 0.943 bits per heavy atom. The number of aromatic nitrogens is 3. The van der Waals surface area contributed by atoms with E-state index in [1.807, 2.05) is 54.6 Å². The lowest BCUT2D eigenvalue weighted by Gasteiger charge is -2.17. The van der Waals surface area contributed by atoms with Crippen LogP contribution < -0.4 is 10.2 Å². The fraction of sp³-hybridized carbons (Fsp3) is 0.154. The largest absolute Gasteiger partial charge is 0.345 e. The average molecular weight is 488 g/mol. The lowest BCUT2D eigenvalue weighted by Crippen LogP contribution is -2.30. The first-order chi connectivity index (χ1) is 17.1. The molecule has 176 valence electrons. The van der Waals surface area contributed by atoms with Crippen molar-refractivity contribution in [2.45, 2.75) is 18.1 Å². The zero-order valence-electron chi connectivity index (χ0n) is 18.7. The van der Waals surface area contributed by atoms with Crippen molar-refractivity contribution in [3.8, 4) is 5.69 Å². The lowest BCUT2D eigenvalue weighted by atomic mass is 10.2. The van der Waals surface area contributed by atoms with E-state index in [9.17, 15) is 14.0 Å². The quantitative estimate of drug-likeness (QED) is 0.399. The summed E-state index contributed by atoms with van der Waals surface area (Å²) in [5.74, 6) is -0.462. The van der Waals surface area contributed by atoms with Crippen LogP contribution in [0.1, 0.15) is 21.7 Å². The van der Waals surface area contributed by atoms with Crippen molar-refractivity contribution in [1.82, 2.24) is 20.1 Å². The molecule has 0 saturated heterocycles. The molecule has 0 aliphatic carbocycles. The van der Waals surface area contributed by atoms with E-state index in [0.717, 1.165) is 17.8 Å². The molecule has 35 heavy (non-hydrogen) atoms. The number of nitrogens with one attached hydrogen (secondary N) is 1. The minimum Gasteiger partial charge on any atom is -0.345 e. The molecule has 1 aromatic heterocycles. The summed E-state index contributed by atoms with van der Waals surface area (Å²) in [7, 11) is 0. The highest BCUT2D eigenvalue weighted by Gasteiger charge is 2.25. The monoisotopic (exact) mass is 487 g/mol. The van der Waals surface area contributed by atoms with E-state index >= 15 is 0 Å². The molecule has 2 heterocycles. The van der Waals surface area contributed by atoms with E-state index in [1.165, 1.54) is 35.5 Å². The Kier molecular flexibility index (Phi) is 6.58. The Labute approximate surface area is 206 Å². The maximum Gasteiger partial charge on any atom is 0.254 e. The molecule has 0 saturated carbocycles. The first-order valence-corrected chi connectivity index (χ1v) is 12.1. The highest BCUT2D eigenvalue weighted by Crippen LogP contribution is 2.29. The molecular weight excluding hydrogens is 465 g/mol. The average Bonchev–Trinajstić information content (AvgIpc) is 3.51. The van der Waals surface area contributed by atoms with E-state index in [-0.39, 0.29) is 23.8 Å². The van der Waals surface area contributed by atoms with Gasteiger partial charge in [0, 0.05) is 17.9 Å². The van der Waals surface area contributed by atoms with Gasteiger partial charge >= 0.3 is 0 Å². The predicted octanol–water partition coefficient (Wildman–Crippen LogP) is 4.02. The van der Waals surface area contributed by atoms with Gasteiger partial charge in [0.2, 0.25) is 5.91 Å². The van der Waals surface area contributed by atoms with Crippen LogP contribution in [0.2, 0.25) is 0 Å². The number of thioether (sulfide) groups is 1. The van der Waals surface area contributed by atoms with Crippen LogP contribution in [0.4, 0.5) is 10.1 Å². The molecule has 0 bridgehead atoms. The van der Waals surface area contributed by atoms with Crippen molar-refractivity contribution in [3.63, 3.8) is 0 Å². The molecular formula is C26H22FN5O2S. The molecule has 1 N–H and O–H groups in total. The molecule has 0 fully saturated rings. The van der Waals surface area contributed by atoms with Crippen LogP contribution in [-0.2, 0) is 17.8 Å². The van der Waals surface area contributed by atoms with Gasteiger partial charge in [-0.25, -0.2) is 4.39 Å². The van der Waals surface area contributed by atoms with Crippen molar-refractivity contribution in [2.24, 2.45) is 0 Å². The summed E-state index contributed by atoms with van der Waals surface area (Å²) in [6, 6.07) is 23.2. The van der Waals surface area contributed by atoms with E-state index in [2.05, 4.69) is 15.5 Å². The fourth-order valence-corrected chi connectivity index (χ4v) is 4.89. The number of amides is 2. The summed E-state index contributed by atoms with van der Waals surface area (Å²) in [6.07, 6.45) is 0.846. The number of benzene rings is 3. The SMILES string of the molecule is O=C(NCc1nnc(SCC(=O)N2CCc3ccccc32)n1-c1ccccc1)c1ccccc1F. The van der Waals surface area contributed by atoms with Crippen LogP contribution in [0.3, 0.4) is 0 Å². The summed E-state index contributed by atoms with van der Waals surface area (Å²) in [6.45, 7) is 0.709. The van der Waals surface area contributed by atoms with Crippen LogP contribution in [0.15, 0.2) is 84.0 Å². The van der Waals surface area contributed by atoms with E-state index < -0.39 is 11.7 Å². The molecule has 9 heteroatoms. The second-order valence-electron chi connectivity index (χ2n) is 7.95. The van der Waals surface area contributed by atoms with Gasteiger partial charge in [0.1, 0.15) is 5.82 Å². The van der Waals surface area contributed by atoms with Gasteiger partial charge in [-0.3, -0.25) is 14.2 Å². The maximum absolute atomic E-state index is 14.0. The van der Waals surface area contributed by atoms with E-state index in [0.29, 0.717) is 17.5 Å². The Hall–Kier alpha value is -3.98. The number of anilines is 1. The molecule has 0 radical (unpaired) electrons. The molecule has 4 aromatic rings. The zero-order valence-corrected chi connectivity index (χ0v) is 19.5. The summed E-state index contributed by atoms with van der Waals surface area (Å²) in [4.78, 5) is 27.3. The van der Waals surface area contributed by atoms with Gasteiger partial charge in [-0.1, -0.05) is 60.3 Å². The number of rotatable bonds is 7. The summed E-state index contributed by atoms with van der Waals surface area (Å²) in [5, 5.41) is 11.8. The van der Waals surface area contributed by atoms with Crippen LogP contribution >= 0.6 is 11.8 Å². The van der Waals surface area contributed by atoms with Crippen LogP contribution in [0.25, 0.3) is 5.69 Å². The Morgan fingerprint density at radius 2 is 1.69 bits per heavy atom. The number of para-hydroxylation sites is 2. The molecule has 2 amide bonds. The third-order valence-electron chi connectivity index (χ3n) is 5.75. The minimum atomic E-state index is -0.590. The van der Waals surface area contributed by atoms with Crippen molar-refractivity contribution >= 4 is 29.3 Å². The highest BCUT2D eigenvalue weighted by molar-refractivity contribution is 7.99. The van der Waals surface area contributed by atoms with Crippen LogP contribution in [0, 0.1) is 5.82 Å². The molecule has 7 nitrogen and oxygen atoms in total. The third kappa shape index (κ3) is 4.81. The molecule has 0 atom stereocenters. The van der Waals surface area contributed by atoms with E-state index in [4.69, 9.17) is 0 Å². The second kappa shape index (κ2) is 10.1. The standard InChI is InChI=1S/C26H22FN5O2S/c27-21-12-6-5-11-20(21)25(34)28-16-23-29-30-26(32(23)19-9-2-1-3-10-19)35-17-24(33)31-15-14-18-8-4-7-13-22(18)31/h1-13H,14-17H2,(H,28,34). The van der Waals surface area contributed by atoms with Gasteiger partial charge < -0.3 is 10.2 Å². The Morgan fingerprint density at radius 3 is 2.51 bits per heavy atom. The van der Waals surface area contributed by atoms with Gasteiger partial charge in [-0.05, 0) is 42.3 Å².